The van der Waals surface area contributed by atoms with Crippen molar-refractivity contribution < 1.29 is 9.59 Å². The van der Waals surface area contributed by atoms with Crippen LogP contribution in [0.25, 0.3) is 10.9 Å². The van der Waals surface area contributed by atoms with Crippen molar-refractivity contribution in [2.75, 3.05) is 18.4 Å². The number of amides is 2. The molecule has 1 unspecified atom stereocenters. The molecule has 7 nitrogen and oxygen atoms in total. The van der Waals surface area contributed by atoms with Gasteiger partial charge in [-0.15, -0.1) is 4.91 Å². The van der Waals surface area contributed by atoms with Gasteiger partial charge in [-0.1, -0.05) is 43.1 Å². The Morgan fingerprint density at radius 2 is 1.94 bits per heavy atom. The maximum absolute atomic E-state index is 13.0. The normalized spacial score (nSPS) is 15.2. The molecule has 4 rings (SSSR count). The van der Waals surface area contributed by atoms with E-state index >= 15 is 0 Å². The van der Waals surface area contributed by atoms with Gasteiger partial charge in [-0.05, 0) is 66.1 Å². The minimum absolute atomic E-state index is 0.139. The lowest BCUT2D eigenvalue weighted by Crippen LogP contribution is -2.38. The molecule has 8 heteroatoms. The number of carbonyl (C=O) groups is 2. The topological polar surface area (TPSA) is 94.6 Å². The van der Waals surface area contributed by atoms with Gasteiger partial charge in [0.05, 0.1) is 5.02 Å². The van der Waals surface area contributed by atoms with Crippen molar-refractivity contribution in [2.45, 2.75) is 51.4 Å². The Bertz CT molecular complexity index is 1170. The number of hydrogen-bond donors (Lipinski definition) is 2. The summed E-state index contributed by atoms with van der Waals surface area (Å²) in [6, 6.07) is 15.1. The minimum atomic E-state index is -0.141. The number of H-pyrrole nitrogens is 1. The summed E-state index contributed by atoms with van der Waals surface area (Å²) in [6.07, 6.45) is 4.18. The van der Waals surface area contributed by atoms with E-state index in [1.165, 1.54) is 23.2 Å². The molecule has 35 heavy (non-hydrogen) atoms. The number of para-hydroxylation sites is 1. The van der Waals surface area contributed by atoms with E-state index in [0.717, 1.165) is 37.9 Å². The van der Waals surface area contributed by atoms with Crippen molar-refractivity contribution in [1.82, 2.24) is 9.88 Å². The summed E-state index contributed by atoms with van der Waals surface area (Å²) in [4.78, 5) is 41.5. The Hall–Kier alpha value is -3.19. The second-order valence-corrected chi connectivity index (χ2v) is 9.70. The molecule has 0 saturated carbocycles. The molecule has 1 fully saturated rings. The third kappa shape index (κ3) is 6.28. The molecular formula is C27H31ClN4O3. The number of nitroso groups, excluding NO2 is 1. The van der Waals surface area contributed by atoms with E-state index in [1.807, 2.05) is 11.0 Å². The Morgan fingerprint density at radius 1 is 1.17 bits per heavy atom. The Labute approximate surface area is 210 Å². The fourth-order valence-electron chi connectivity index (χ4n) is 4.80. The van der Waals surface area contributed by atoms with Crippen LogP contribution >= 0.6 is 11.6 Å². The third-order valence-electron chi connectivity index (χ3n) is 6.99. The molecule has 2 aromatic carbocycles. The molecule has 1 atom stereocenters. The molecule has 2 heterocycles. The van der Waals surface area contributed by atoms with Gasteiger partial charge in [0.25, 0.3) is 0 Å². The highest BCUT2D eigenvalue weighted by atomic mass is 35.5. The molecule has 2 N–H and O–H groups in total. The average molecular weight is 495 g/mol. The summed E-state index contributed by atoms with van der Waals surface area (Å²) in [5, 5.41) is 7.05. The van der Waals surface area contributed by atoms with Gasteiger partial charge in [0.2, 0.25) is 11.8 Å². The van der Waals surface area contributed by atoms with Gasteiger partial charge in [0.1, 0.15) is 5.69 Å². The van der Waals surface area contributed by atoms with Gasteiger partial charge < -0.3 is 15.2 Å². The molecule has 0 bridgehead atoms. The van der Waals surface area contributed by atoms with Gasteiger partial charge in [0, 0.05) is 48.7 Å². The lowest BCUT2D eigenvalue weighted by molar-refractivity contribution is -0.133. The first kappa shape index (κ1) is 24.9. The van der Waals surface area contributed by atoms with Crippen molar-refractivity contribution in [3.05, 3.63) is 64.2 Å². The van der Waals surface area contributed by atoms with Crippen LogP contribution in [-0.2, 0) is 9.59 Å². The summed E-state index contributed by atoms with van der Waals surface area (Å²) >= 11 is 5.97. The van der Waals surface area contributed by atoms with Crippen molar-refractivity contribution in [2.24, 2.45) is 11.1 Å². The second-order valence-electron chi connectivity index (χ2n) is 9.29. The number of fused-ring (bicyclic) bond motifs is 1. The predicted octanol–water partition coefficient (Wildman–Crippen LogP) is 6.76. The van der Waals surface area contributed by atoms with Crippen LogP contribution in [0, 0.1) is 10.8 Å². The predicted molar refractivity (Wildman–Crippen MR) is 140 cm³/mol. The number of carbonyl (C=O) groups excluding carboxylic acids is 2. The highest BCUT2D eigenvalue weighted by molar-refractivity contribution is 6.33. The fraction of sp³-hybridized carbons (Fsp3) is 0.407. The lowest BCUT2D eigenvalue weighted by atomic mass is 9.91. The largest absolute Gasteiger partial charge is 0.358 e. The first-order valence-electron chi connectivity index (χ1n) is 12.2. The summed E-state index contributed by atoms with van der Waals surface area (Å²) in [7, 11) is 0. The highest BCUT2D eigenvalue weighted by Gasteiger charge is 2.26. The minimum Gasteiger partial charge on any atom is -0.358 e. The van der Waals surface area contributed by atoms with Crippen LogP contribution in [0.4, 0.5) is 11.4 Å². The van der Waals surface area contributed by atoms with E-state index in [9.17, 15) is 14.5 Å². The smallest absolute Gasteiger partial charge is 0.224 e. The monoisotopic (exact) mass is 494 g/mol. The van der Waals surface area contributed by atoms with Crippen molar-refractivity contribution in [1.29, 1.82) is 0 Å². The van der Waals surface area contributed by atoms with Gasteiger partial charge in [-0.3, -0.25) is 9.59 Å². The number of nitrogens with zero attached hydrogens (tertiary/aromatic N) is 2. The number of anilines is 1. The van der Waals surface area contributed by atoms with Crippen LogP contribution < -0.4 is 5.32 Å². The summed E-state index contributed by atoms with van der Waals surface area (Å²) in [6.45, 7) is 3.59. The number of nitrogens with one attached hydrogen (secondary N) is 2. The fourth-order valence-corrected chi connectivity index (χ4v) is 5.01. The molecule has 184 valence electrons. The molecule has 1 saturated heterocycles. The van der Waals surface area contributed by atoms with E-state index in [1.54, 1.807) is 6.07 Å². The average Bonchev–Trinajstić information content (AvgIpc) is 3.31. The van der Waals surface area contributed by atoms with Gasteiger partial charge in [0.15, 0.2) is 0 Å². The van der Waals surface area contributed by atoms with E-state index < -0.39 is 0 Å². The Morgan fingerprint density at radius 3 is 2.63 bits per heavy atom. The number of aromatic nitrogens is 1. The molecule has 0 aliphatic carbocycles. The second kappa shape index (κ2) is 11.5. The summed E-state index contributed by atoms with van der Waals surface area (Å²) in [5.41, 5.74) is 3.08. The quantitative estimate of drug-likeness (QED) is 0.322. The number of halogens is 1. The van der Waals surface area contributed by atoms with Gasteiger partial charge in [-0.25, -0.2) is 0 Å². The maximum Gasteiger partial charge on any atom is 0.224 e. The molecule has 0 radical (unpaired) electrons. The van der Waals surface area contributed by atoms with Crippen LogP contribution in [0.1, 0.15) is 57.1 Å². The van der Waals surface area contributed by atoms with Crippen molar-refractivity contribution in [3.63, 3.8) is 0 Å². The first-order chi connectivity index (χ1) is 17.0. The SMILES string of the molecule is CCC(CCC(=O)Nc1ccc(N=O)c(Cl)c1)CC(=O)N1CCC(c2cc3ccccc3[nH]2)CC1. The molecule has 3 aromatic rings. The van der Waals surface area contributed by atoms with Gasteiger partial charge in [-0.2, -0.15) is 0 Å². The van der Waals surface area contributed by atoms with E-state index in [2.05, 4.69) is 46.7 Å². The Balaban J connectivity index is 1.23. The Kier molecular flexibility index (Phi) is 8.18. The van der Waals surface area contributed by atoms with E-state index in [4.69, 9.17) is 11.6 Å². The van der Waals surface area contributed by atoms with Crippen LogP contribution in [0.2, 0.25) is 5.02 Å². The van der Waals surface area contributed by atoms with Crippen molar-refractivity contribution in [3.8, 4) is 0 Å². The highest BCUT2D eigenvalue weighted by Crippen LogP contribution is 2.31. The molecule has 0 spiro atoms. The molecular weight excluding hydrogens is 464 g/mol. The summed E-state index contributed by atoms with van der Waals surface area (Å²) < 4.78 is 0. The van der Waals surface area contributed by atoms with Crippen molar-refractivity contribution >= 4 is 45.7 Å². The number of rotatable bonds is 9. The summed E-state index contributed by atoms with van der Waals surface area (Å²) in [5.74, 6) is 0.640. The number of likely N-dealkylation sites (tertiary alicyclic amines) is 1. The standard InChI is InChI=1S/C27H31ClN4O3/c1-2-18(7-10-26(33)29-21-8-9-24(31-35)22(28)17-21)15-27(34)32-13-11-19(12-14-32)25-16-20-5-3-4-6-23(20)30-25/h3-6,8-9,16-19,30H,2,7,10-15H2,1H3,(H,29,33). The van der Waals surface area contributed by atoms with Gasteiger partial charge >= 0.3 is 0 Å². The number of aromatic amines is 1. The number of piperidine rings is 1. The zero-order chi connectivity index (χ0) is 24.8. The molecule has 1 aliphatic rings. The van der Waals surface area contributed by atoms with E-state index in [0.29, 0.717) is 30.9 Å². The zero-order valence-electron chi connectivity index (χ0n) is 19.9. The van der Waals surface area contributed by atoms with Crippen LogP contribution in [0.15, 0.2) is 53.7 Å². The van der Waals surface area contributed by atoms with Crippen LogP contribution in [-0.4, -0.2) is 34.8 Å². The lowest BCUT2D eigenvalue weighted by Gasteiger charge is -2.32. The molecule has 1 aromatic heterocycles. The number of benzene rings is 2. The molecule has 1 aliphatic heterocycles. The maximum atomic E-state index is 13.0. The number of hydrogen-bond acceptors (Lipinski definition) is 4. The first-order valence-corrected chi connectivity index (χ1v) is 12.6. The third-order valence-corrected chi connectivity index (χ3v) is 7.29. The van der Waals surface area contributed by atoms with Crippen LogP contribution in [0.5, 0.6) is 0 Å². The van der Waals surface area contributed by atoms with E-state index in [-0.39, 0.29) is 28.4 Å². The molecule has 2 amide bonds. The zero-order valence-corrected chi connectivity index (χ0v) is 20.7. The van der Waals surface area contributed by atoms with Crippen LogP contribution in [0.3, 0.4) is 0 Å².